The fraction of sp³-hybridized carbons (Fsp3) is 0.708. The molecule has 3 aliphatic heterocycles. The number of esters is 2. The zero-order valence-electron chi connectivity index (χ0n) is 39.9. The SMILES string of the molecule is CCCCC[C@@H]1OC(=O)[C@H](Cc2ccccc2)NC(=O)[C@H](C(C)C)NC(=O)[C@@H]2CCCN2C(=O)[C@@H]2CCCN2C(=O)[C@H](C)OC(=O)[C@@H](C(C)C)N(C)C(=O)[C@H](C(C)C)NC(=O)C1(C)C. The molecule has 3 heterocycles. The molecular weight excluding hydrogens is 821 g/mol. The van der Waals surface area contributed by atoms with Crippen LogP contribution in [0.25, 0.3) is 0 Å². The molecular formula is C48H74N6O10. The fourth-order valence-corrected chi connectivity index (χ4v) is 8.99. The fourth-order valence-electron chi connectivity index (χ4n) is 8.99. The van der Waals surface area contributed by atoms with E-state index in [0.29, 0.717) is 38.5 Å². The van der Waals surface area contributed by atoms with E-state index in [1.165, 1.54) is 28.7 Å². The highest BCUT2D eigenvalue weighted by atomic mass is 16.6. The van der Waals surface area contributed by atoms with Gasteiger partial charge in [-0.25, -0.2) is 9.59 Å². The Bertz CT molecular complexity index is 1840. The molecule has 1 aromatic carbocycles. The predicted octanol–water partition coefficient (Wildman–Crippen LogP) is 3.92. The van der Waals surface area contributed by atoms with Crippen molar-refractivity contribution >= 4 is 47.4 Å². The number of hydrogen-bond acceptors (Lipinski definition) is 10. The van der Waals surface area contributed by atoms with Crippen LogP contribution in [0.2, 0.25) is 0 Å². The predicted molar refractivity (Wildman–Crippen MR) is 240 cm³/mol. The Hall–Kier alpha value is -5.02. The summed E-state index contributed by atoms with van der Waals surface area (Å²) in [6.45, 7) is 17.8. The van der Waals surface area contributed by atoms with Gasteiger partial charge < -0.3 is 40.1 Å². The van der Waals surface area contributed by atoms with Crippen LogP contribution in [0.4, 0.5) is 0 Å². The van der Waals surface area contributed by atoms with Crippen LogP contribution < -0.4 is 16.0 Å². The van der Waals surface area contributed by atoms with Crippen LogP contribution in [-0.4, -0.2) is 131 Å². The van der Waals surface area contributed by atoms with E-state index >= 15 is 0 Å². The molecule has 3 N–H and O–H groups in total. The molecule has 16 heteroatoms. The summed E-state index contributed by atoms with van der Waals surface area (Å²) in [5.41, 5.74) is -0.653. The molecule has 64 heavy (non-hydrogen) atoms. The van der Waals surface area contributed by atoms with Crippen molar-refractivity contribution in [3.63, 3.8) is 0 Å². The van der Waals surface area contributed by atoms with Crippen molar-refractivity contribution in [3.8, 4) is 0 Å². The number of amides is 6. The Morgan fingerprint density at radius 3 is 1.86 bits per heavy atom. The van der Waals surface area contributed by atoms with Crippen molar-refractivity contribution in [1.82, 2.24) is 30.7 Å². The molecule has 3 aliphatic rings. The van der Waals surface area contributed by atoms with Crippen LogP contribution in [0.1, 0.15) is 126 Å². The van der Waals surface area contributed by atoms with E-state index in [2.05, 4.69) is 16.0 Å². The van der Waals surface area contributed by atoms with Gasteiger partial charge in [0, 0.05) is 26.6 Å². The summed E-state index contributed by atoms with van der Waals surface area (Å²) in [5, 5.41) is 8.65. The average molecular weight is 895 g/mol. The van der Waals surface area contributed by atoms with Gasteiger partial charge in [-0.15, -0.1) is 0 Å². The third kappa shape index (κ3) is 12.4. The molecule has 16 nitrogen and oxygen atoms in total. The zero-order valence-corrected chi connectivity index (χ0v) is 39.9. The smallest absolute Gasteiger partial charge is 0.329 e. The number of likely N-dealkylation sites (N-methyl/N-ethyl adjacent to an activating group) is 1. The molecule has 4 rings (SSSR count). The first kappa shape index (κ1) is 51.6. The second-order valence-electron chi connectivity index (χ2n) is 19.4. The van der Waals surface area contributed by atoms with Gasteiger partial charge in [0.15, 0.2) is 6.10 Å². The Morgan fingerprint density at radius 2 is 1.28 bits per heavy atom. The molecule has 0 bridgehead atoms. The van der Waals surface area contributed by atoms with Crippen molar-refractivity contribution in [1.29, 1.82) is 0 Å². The molecule has 6 amide bonds. The van der Waals surface area contributed by atoms with Crippen molar-refractivity contribution in [2.45, 2.75) is 175 Å². The maximum absolute atomic E-state index is 14.5. The van der Waals surface area contributed by atoms with Crippen molar-refractivity contribution in [2.75, 3.05) is 20.1 Å². The summed E-state index contributed by atoms with van der Waals surface area (Å²) >= 11 is 0. The number of nitrogens with one attached hydrogen (secondary N) is 3. The van der Waals surface area contributed by atoms with Crippen molar-refractivity contribution < 1.29 is 47.8 Å². The topological polar surface area (TPSA) is 201 Å². The number of cyclic esters (lactones) is 2. The van der Waals surface area contributed by atoms with E-state index in [-0.39, 0.29) is 19.5 Å². The van der Waals surface area contributed by atoms with Crippen LogP contribution in [-0.2, 0) is 54.3 Å². The Labute approximate surface area is 379 Å². The maximum atomic E-state index is 14.5. The highest BCUT2D eigenvalue weighted by molar-refractivity contribution is 5.97. The first-order chi connectivity index (χ1) is 30.1. The van der Waals surface area contributed by atoms with E-state index < -0.39 is 119 Å². The van der Waals surface area contributed by atoms with Crippen molar-refractivity contribution in [3.05, 3.63) is 35.9 Å². The summed E-state index contributed by atoms with van der Waals surface area (Å²) in [6.07, 6.45) is 2.06. The minimum atomic E-state index is -1.39. The third-order valence-electron chi connectivity index (χ3n) is 13.0. The second-order valence-corrected chi connectivity index (χ2v) is 19.4. The van der Waals surface area contributed by atoms with Crippen LogP contribution in [0.5, 0.6) is 0 Å². The molecule has 8 atom stereocenters. The highest BCUT2D eigenvalue weighted by Gasteiger charge is 2.47. The highest BCUT2D eigenvalue weighted by Crippen LogP contribution is 2.31. The lowest BCUT2D eigenvalue weighted by atomic mass is 9.81. The number of carbonyl (C=O) groups is 8. The summed E-state index contributed by atoms with van der Waals surface area (Å²) in [6, 6.07) is 2.71. The molecule has 0 unspecified atom stereocenters. The Balaban J connectivity index is 1.80. The molecule has 0 saturated carbocycles. The largest absolute Gasteiger partial charge is 0.460 e. The molecule has 0 radical (unpaired) electrons. The summed E-state index contributed by atoms with van der Waals surface area (Å²) in [7, 11) is 1.46. The number of fused-ring (bicyclic) bond motifs is 2. The van der Waals surface area contributed by atoms with E-state index in [9.17, 15) is 38.4 Å². The zero-order chi connectivity index (χ0) is 47.6. The number of benzene rings is 1. The number of rotatable bonds is 9. The summed E-state index contributed by atoms with van der Waals surface area (Å²) in [5.74, 6) is -6.20. The second kappa shape index (κ2) is 22.7. The van der Waals surface area contributed by atoms with Crippen LogP contribution in [0, 0.1) is 23.2 Å². The number of hydrogen-bond donors (Lipinski definition) is 3. The van der Waals surface area contributed by atoms with Gasteiger partial charge in [0.1, 0.15) is 42.4 Å². The van der Waals surface area contributed by atoms with E-state index in [1.54, 1.807) is 55.4 Å². The quantitative estimate of drug-likeness (QED) is 0.241. The lowest BCUT2D eigenvalue weighted by molar-refractivity contribution is -0.168. The van der Waals surface area contributed by atoms with Gasteiger partial charge in [-0.2, -0.15) is 0 Å². The van der Waals surface area contributed by atoms with Gasteiger partial charge in [0.25, 0.3) is 5.91 Å². The van der Waals surface area contributed by atoms with E-state index in [0.717, 1.165) is 18.4 Å². The normalized spacial score (nSPS) is 28.6. The number of nitrogens with zero attached hydrogens (tertiary/aromatic N) is 3. The first-order valence-corrected chi connectivity index (χ1v) is 23.4. The number of unbranched alkanes of at least 4 members (excludes halogenated alkanes) is 2. The standard InChI is InChI=1S/C48H74N6O10/c1-12-13-15-24-36-48(9,10)47(62)51-38(29(4)5)44(59)52(11)39(30(6)7)46(61)63-31(8)42(57)54-26-19-23-35(54)43(58)53-25-18-22-34(53)40(55)50-37(28(2)3)41(56)49-33(45(60)64-36)27-32-20-16-14-17-21-32/h14,16-17,20-21,28-31,33-39H,12-13,15,18-19,22-27H2,1-11H3,(H,49,56)(H,50,55)(H,51,62)/t31-,33-,34-,35-,36-,37-,38-,39+/m0/s1. The summed E-state index contributed by atoms with van der Waals surface area (Å²) < 4.78 is 12.1. The van der Waals surface area contributed by atoms with Gasteiger partial charge >= 0.3 is 11.9 Å². The third-order valence-corrected chi connectivity index (χ3v) is 13.0. The van der Waals surface area contributed by atoms with Gasteiger partial charge in [-0.1, -0.05) is 91.6 Å². The Morgan fingerprint density at radius 1 is 0.688 bits per heavy atom. The molecule has 3 fully saturated rings. The van der Waals surface area contributed by atoms with Gasteiger partial charge in [0.05, 0.1) is 5.41 Å². The van der Waals surface area contributed by atoms with Gasteiger partial charge in [-0.05, 0) is 82.6 Å². The minimum absolute atomic E-state index is 0.0499. The minimum Gasteiger partial charge on any atom is -0.460 e. The van der Waals surface area contributed by atoms with E-state index in [1.807, 2.05) is 37.3 Å². The van der Waals surface area contributed by atoms with Crippen LogP contribution in [0.15, 0.2) is 30.3 Å². The molecule has 0 aliphatic carbocycles. The lowest BCUT2D eigenvalue weighted by Gasteiger charge is -2.37. The molecule has 3 saturated heterocycles. The van der Waals surface area contributed by atoms with Crippen LogP contribution >= 0.6 is 0 Å². The van der Waals surface area contributed by atoms with Gasteiger partial charge in [-0.3, -0.25) is 28.8 Å². The average Bonchev–Trinajstić information content (AvgIpc) is 3.94. The Kier molecular flexibility index (Phi) is 18.3. The molecule has 0 aromatic heterocycles. The maximum Gasteiger partial charge on any atom is 0.329 e. The summed E-state index contributed by atoms with van der Waals surface area (Å²) in [4.78, 5) is 118. The van der Waals surface area contributed by atoms with Crippen LogP contribution in [0.3, 0.4) is 0 Å². The first-order valence-electron chi connectivity index (χ1n) is 23.4. The molecule has 1 aromatic rings. The monoisotopic (exact) mass is 895 g/mol. The number of ether oxygens (including phenoxy) is 2. The van der Waals surface area contributed by atoms with E-state index in [4.69, 9.17) is 9.47 Å². The molecule has 0 spiro atoms. The van der Waals surface area contributed by atoms with Gasteiger partial charge in [0.2, 0.25) is 29.5 Å². The molecule has 356 valence electrons. The number of carbonyl (C=O) groups excluding carboxylic acids is 8. The van der Waals surface area contributed by atoms with Crippen molar-refractivity contribution in [2.24, 2.45) is 23.2 Å². The lowest BCUT2D eigenvalue weighted by Crippen LogP contribution is -2.59.